The molecule has 2 aromatic rings. The minimum absolute atomic E-state index is 0.0504. The molecule has 0 heterocycles. The van der Waals surface area contributed by atoms with Crippen molar-refractivity contribution >= 4 is 35.2 Å². The van der Waals surface area contributed by atoms with Gasteiger partial charge in [-0.25, -0.2) is 0 Å². The third-order valence-electron chi connectivity index (χ3n) is 3.76. The van der Waals surface area contributed by atoms with Crippen molar-refractivity contribution in [2.24, 2.45) is 0 Å². The molecule has 0 aromatic heterocycles. The number of rotatable bonds is 9. The average molecular weight is 421 g/mol. The van der Waals surface area contributed by atoms with Gasteiger partial charge in [-0.3, -0.25) is 9.59 Å². The van der Waals surface area contributed by atoms with Crippen LogP contribution in [0.1, 0.15) is 24.2 Å². The lowest BCUT2D eigenvalue weighted by Crippen LogP contribution is -2.32. The molecular formula is C21H25ClN2O3S. The molecule has 0 saturated heterocycles. The number of benzene rings is 2. The molecule has 0 spiro atoms. The van der Waals surface area contributed by atoms with Gasteiger partial charge in [0.1, 0.15) is 12.4 Å². The van der Waals surface area contributed by atoms with Crippen LogP contribution in [0.25, 0.3) is 0 Å². The molecule has 0 saturated carbocycles. The lowest BCUT2D eigenvalue weighted by molar-refractivity contribution is -0.119. The predicted octanol–water partition coefficient (Wildman–Crippen LogP) is 4.11. The normalized spacial score (nSPS) is 10.6. The number of ether oxygens (including phenoxy) is 1. The fourth-order valence-electron chi connectivity index (χ4n) is 2.44. The molecule has 0 unspecified atom stereocenters. The SMILES string of the molecule is CC(C)NC(=O)CSc1ccccc1C(=O)N(C)CCOc1cccc(Cl)c1. The molecule has 0 aliphatic rings. The van der Waals surface area contributed by atoms with Crippen LogP contribution in [0.2, 0.25) is 5.02 Å². The van der Waals surface area contributed by atoms with Crippen molar-refractivity contribution in [3.8, 4) is 5.75 Å². The summed E-state index contributed by atoms with van der Waals surface area (Å²) in [5.41, 5.74) is 0.579. The second kappa shape index (κ2) is 11.0. The molecule has 0 radical (unpaired) electrons. The molecule has 5 nitrogen and oxygen atoms in total. The zero-order valence-corrected chi connectivity index (χ0v) is 17.8. The molecule has 0 bridgehead atoms. The number of thioether (sulfide) groups is 1. The molecule has 0 aliphatic heterocycles. The summed E-state index contributed by atoms with van der Waals surface area (Å²) in [5, 5.41) is 3.46. The van der Waals surface area contributed by atoms with Gasteiger partial charge in [0.15, 0.2) is 0 Å². The van der Waals surface area contributed by atoms with Crippen LogP contribution in [0.3, 0.4) is 0 Å². The Labute approximate surface area is 175 Å². The topological polar surface area (TPSA) is 58.6 Å². The zero-order valence-electron chi connectivity index (χ0n) is 16.3. The minimum Gasteiger partial charge on any atom is -0.492 e. The highest BCUT2D eigenvalue weighted by molar-refractivity contribution is 8.00. The van der Waals surface area contributed by atoms with Gasteiger partial charge in [-0.2, -0.15) is 0 Å². The van der Waals surface area contributed by atoms with Gasteiger partial charge in [0, 0.05) is 23.0 Å². The molecule has 0 aliphatic carbocycles. The molecule has 0 fully saturated rings. The third kappa shape index (κ3) is 7.09. The highest BCUT2D eigenvalue weighted by Crippen LogP contribution is 2.23. The molecule has 150 valence electrons. The van der Waals surface area contributed by atoms with E-state index in [9.17, 15) is 9.59 Å². The van der Waals surface area contributed by atoms with E-state index in [0.29, 0.717) is 29.5 Å². The highest BCUT2D eigenvalue weighted by Gasteiger charge is 2.16. The van der Waals surface area contributed by atoms with Crippen molar-refractivity contribution in [3.05, 3.63) is 59.1 Å². The van der Waals surface area contributed by atoms with Crippen LogP contribution in [0.4, 0.5) is 0 Å². The molecule has 0 atom stereocenters. The Hall–Kier alpha value is -2.18. The highest BCUT2D eigenvalue weighted by atomic mass is 35.5. The van der Waals surface area contributed by atoms with Crippen LogP contribution in [-0.2, 0) is 4.79 Å². The van der Waals surface area contributed by atoms with E-state index in [1.807, 2.05) is 44.2 Å². The quantitative estimate of drug-likeness (QED) is 0.620. The summed E-state index contributed by atoms with van der Waals surface area (Å²) in [6.45, 7) is 4.62. The summed E-state index contributed by atoms with van der Waals surface area (Å²) in [4.78, 5) is 27.1. The van der Waals surface area contributed by atoms with Gasteiger partial charge in [-0.1, -0.05) is 29.8 Å². The molecule has 2 aromatic carbocycles. The van der Waals surface area contributed by atoms with Crippen molar-refractivity contribution in [2.45, 2.75) is 24.8 Å². The standard InChI is InChI=1S/C21H25ClN2O3S/c1-15(2)23-20(25)14-28-19-10-5-4-9-18(19)21(26)24(3)11-12-27-17-8-6-7-16(22)13-17/h4-10,13,15H,11-12,14H2,1-3H3,(H,23,25). The maximum absolute atomic E-state index is 12.8. The first kappa shape index (κ1) is 22.1. The number of likely N-dealkylation sites (N-methyl/N-ethyl adjacent to an activating group) is 1. The van der Waals surface area contributed by atoms with E-state index in [2.05, 4.69) is 5.32 Å². The fourth-order valence-corrected chi connectivity index (χ4v) is 3.48. The van der Waals surface area contributed by atoms with E-state index in [1.165, 1.54) is 11.8 Å². The fraction of sp³-hybridized carbons (Fsp3) is 0.333. The molecule has 7 heteroatoms. The summed E-state index contributed by atoms with van der Waals surface area (Å²) in [7, 11) is 1.73. The van der Waals surface area contributed by atoms with Crippen molar-refractivity contribution in [2.75, 3.05) is 26.0 Å². The Kier molecular flexibility index (Phi) is 8.67. The number of halogens is 1. The molecular weight excluding hydrogens is 396 g/mol. The Morgan fingerprint density at radius 1 is 1.18 bits per heavy atom. The van der Waals surface area contributed by atoms with Gasteiger partial charge in [0.25, 0.3) is 5.91 Å². The van der Waals surface area contributed by atoms with Gasteiger partial charge in [-0.05, 0) is 44.2 Å². The van der Waals surface area contributed by atoms with Crippen molar-refractivity contribution in [1.29, 1.82) is 0 Å². The van der Waals surface area contributed by atoms with E-state index in [-0.39, 0.29) is 23.6 Å². The van der Waals surface area contributed by atoms with Crippen LogP contribution in [0, 0.1) is 0 Å². The van der Waals surface area contributed by atoms with Crippen molar-refractivity contribution in [1.82, 2.24) is 10.2 Å². The Balaban J connectivity index is 1.92. The van der Waals surface area contributed by atoms with Crippen LogP contribution >= 0.6 is 23.4 Å². The molecule has 2 amide bonds. The summed E-state index contributed by atoms with van der Waals surface area (Å²) >= 11 is 7.30. The first-order chi connectivity index (χ1) is 13.4. The monoisotopic (exact) mass is 420 g/mol. The number of carbonyl (C=O) groups excluding carboxylic acids is 2. The largest absolute Gasteiger partial charge is 0.492 e. The summed E-state index contributed by atoms with van der Waals surface area (Å²) in [6.07, 6.45) is 0. The number of amides is 2. The smallest absolute Gasteiger partial charge is 0.254 e. The van der Waals surface area contributed by atoms with E-state index in [1.54, 1.807) is 30.1 Å². The van der Waals surface area contributed by atoms with Gasteiger partial charge >= 0.3 is 0 Å². The van der Waals surface area contributed by atoms with Gasteiger partial charge < -0.3 is 15.0 Å². The second-order valence-corrected chi connectivity index (χ2v) is 7.99. The first-order valence-electron chi connectivity index (χ1n) is 9.02. The summed E-state index contributed by atoms with van der Waals surface area (Å²) in [6, 6.07) is 14.6. The molecule has 2 rings (SSSR count). The maximum atomic E-state index is 12.8. The zero-order chi connectivity index (χ0) is 20.5. The van der Waals surface area contributed by atoms with E-state index < -0.39 is 0 Å². The number of nitrogens with zero attached hydrogens (tertiary/aromatic N) is 1. The first-order valence-corrected chi connectivity index (χ1v) is 10.4. The van der Waals surface area contributed by atoms with Crippen molar-refractivity contribution in [3.63, 3.8) is 0 Å². The number of carbonyl (C=O) groups is 2. The van der Waals surface area contributed by atoms with Gasteiger partial charge in [-0.15, -0.1) is 11.8 Å². The third-order valence-corrected chi connectivity index (χ3v) is 5.07. The molecule has 1 N–H and O–H groups in total. The van der Waals surface area contributed by atoms with Gasteiger partial charge in [0.2, 0.25) is 5.91 Å². The number of nitrogens with one attached hydrogen (secondary N) is 1. The lowest BCUT2D eigenvalue weighted by atomic mass is 10.2. The van der Waals surface area contributed by atoms with Crippen molar-refractivity contribution < 1.29 is 14.3 Å². The van der Waals surface area contributed by atoms with Gasteiger partial charge in [0.05, 0.1) is 17.9 Å². The predicted molar refractivity (Wildman–Crippen MR) is 114 cm³/mol. The average Bonchev–Trinajstić information content (AvgIpc) is 2.65. The Bertz CT molecular complexity index is 814. The van der Waals surface area contributed by atoms with Crippen LogP contribution < -0.4 is 10.1 Å². The van der Waals surface area contributed by atoms with Crippen LogP contribution in [0.15, 0.2) is 53.4 Å². The minimum atomic E-state index is -0.109. The number of hydrogen-bond acceptors (Lipinski definition) is 4. The van der Waals surface area contributed by atoms with Crippen LogP contribution in [-0.4, -0.2) is 48.7 Å². The Morgan fingerprint density at radius 3 is 2.64 bits per heavy atom. The van der Waals surface area contributed by atoms with E-state index in [4.69, 9.17) is 16.3 Å². The maximum Gasteiger partial charge on any atom is 0.254 e. The summed E-state index contributed by atoms with van der Waals surface area (Å²) < 4.78 is 5.65. The lowest BCUT2D eigenvalue weighted by Gasteiger charge is -2.19. The number of hydrogen-bond donors (Lipinski definition) is 1. The van der Waals surface area contributed by atoms with E-state index >= 15 is 0 Å². The molecule has 28 heavy (non-hydrogen) atoms. The second-order valence-electron chi connectivity index (χ2n) is 6.54. The van der Waals surface area contributed by atoms with Crippen LogP contribution in [0.5, 0.6) is 5.75 Å². The summed E-state index contributed by atoms with van der Waals surface area (Å²) in [5.74, 6) is 0.775. The van der Waals surface area contributed by atoms with E-state index in [0.717, 1.165) is 4.90 Å². The Morgan fingerprint density at radius 2 is 1.93 bits per heavy atom.